The van der Waals surface area contributed by atoms with Crippen molar-refractivity contribution in [1.82, 2.24) is 0 Å². The smallest absolute Gasteiger partial charge is 0.153 e. The lowest BCUT2D eigenvalue weighted by molar-refractivity contribution is -0.312. The van der Waals surface area contributed by atoms with Crippen LogP contribution in [0.25, 0.3) is 0 Å². The number of carbonyl (C=O) groups excluding carboxylic acids is 2. The van der Waals surface area contributed by atoms with E-state index in [4.69, 9.17) is 4.74 Å². The summed E-state index contributed by atoms with van der Waals surface area (Å²) >= 11 is 3.24. The maximum absolute atomic E-state index is 11.0. The van der Waals surface area contributed by atoms with E-state index in [2.05, 4.69) is 15.9 Å². The van der Waals surface area contributed by atoms with Gasteiger partial charge in [-0.15, -0.1) is 0 Å². The van der Waals surface area contributed by atoms with E-state index in [0.29, 0.717) is 27.6 Å². The van der Waals surface area contributed by atoms with Gasteiger partial charge in [-0.25, -0.2) is 0 Å². The van der Waals surface area contributed by atoms with Crippen molar-refractivity contribution in [2.75, 3.05) is 7.11 Å². The van der Waals surface area contributed by atoms with E-state index in [-0.39, 0.29) is 0 Å². The summed E-state index contributed by atoms with van der Waals surface area (Å²) in [5.41, 5.74) is -0.398. The molecular weight excluding hydrogens is 288 g/mol. The number of hydrogen-bond acceptors (Lipinski definition) is 4. The van der Waals surface area contributed by atoms with Gasteiger partial charge in [0.1, 0.15) is 5.75 Å². The molecule has 0 bridgehead atoms. The molecule has 0 aliphatic rings. The number of benzene rings is 1. The molecule has 0 aliphatic carbocycles. The Morgan fingerprint density at radius 1 is 1.47 bits per heavy atom. The van der Waals surface area contributed by atoms with Crippen molar-refractivity contribution in [1.29, 1.82) is 0 Å². The van der Waals surface area contributed by atoms with E-state index in [1.54, 1.807) is 6.07 Å². The molecule has 0 saturated heterocycles. The summed E-state index contributed by atoms with van der Waals surface area (Å²) in [6.45, 7) is 3.04. The zero-order chi connectivity index (χ0) is 13.2. The molecule has 0 aliphatic heterocycles. The van der Waals surface area contributed by atoms with Crippen molar-refractivity contribution in [2.24, 2.45) is 0 Å². The van der Waals surface area contributed by atoms with Crippen LogP contribution in [0.4, 0.5) is 0 Å². The van der Waals surface area contributed by atoms with Gasteiger partial charge in [-0.2, -0.15) is 0 Å². The maximum atomic E-state index is 11.0. The Bertz CT molecular complexity index is 466. The molecule has 0 spiro atoms. The summed E-state index contributed by atoms with van der Waals surface area (Å²) in [6, 6.07) is 3.11. The quantitative estimate of drug-likeness (QED) is 0.786. The Labute approximate surface area is 108 Å². The van der Waals surface area contributed by atoms with Crippen LogP contribution < -0.4 is 9.84 Å². The molecule has 5 heteroatoms. The molecular formula is C12H12BrO4-. The summed E-state index contributed by atoms with van der Waals surface area (Å²) in [5.74, 6) is -0.815. The molecule has 0 saturated carbocycles. The number of halogens is 1. The second-order valence-corrected chi connectivity index (χ2v) is 4.97. The number of aldehydes is 1. The fourth-order valence-corrected chi connectivity index (χ4v) is 2.03. The van der Waals surface area contributed by atoms with Gasteiger partial charge in [0, 0.05) is 5.41 Å². The molecule has 0 aromatic heterocycles. The second kappa shape index (κ2) is 4.87. The number of aliphatic carboxylic acids is 1. The van der Waals surface area contributed by atoms with Crippen molar-refractivity contribution in [3.05, 3.63) is 27.7 Å². The Morgan fingerprint density at radius 2 is 2.06 bits per heavy atom. The van der Waals surface area contributed by atoms with Crippen molar-refractivity contribution in [3.63, 3.8) is 0 Å². The van der Waals surface area contributed by atoms with Crippen molar-refractivity contribution >= 4 is 28.2 Å². The second-order valence-electron chi connectivity index (χ2n) is 4.11. The number of carbonyl (C=O) groups is 2. The Kier molecular flexibility index (Phi) is 3.93. The van der Waals surface area contributed by atoms with Crippen LogP contribution in [-0.4, -0.2) is 19.4 Å². The molecule has 0 atom stereocenters. The number of carboxylic acid groups (broad SMARTS) is 1. The van der Waals surface area contributed by atoms with Gasteiger partial charge in [0.15, 0.2) is 6.29 Å². The van der Waals surface area contributed by atoms with Gasteiger partial charge in [0.05, 0.1) is 23.1 Å². The first-order valence-electron chi connectivity index (χ1n) is 4.89. The highest BCUT2D eigenvalue weighted by Gasteiger charge is 2.24. The maximum Gasteiger partial charge on any atom is 0.153 e. The summed E-state index contributed by atoms with van der Waals surface area (Å²) in [5, 5.41) is 11.0. The minimum atomic E-state index is -1.20. The van der Waals surface area contributed by atoms with Gasteiger partial charge in [-0.1, -0.05) is 13.8 Å². The molecule has 0 N–H and O–H groups in total. The molecule has 1 rings (SSSR count). The highest BCUT2D eigenvalue weighted by atomic mass is 79.9. The zero-order valence-corrected chi connectivity index (χ0v) is 11.3. The van der Waals surface area contributed by atoms with Gasteiger partial charge in [0.25, 0.3) is 0 Å². The van der Waals surface area contributed by atoms with Crippen LogP contribution in [0.1, 0.15) is 29.8 Å². The van der Waals surface area contributed by atoms with E-state index in [1.807, 2.05) is 0 Å². The first-order chi connectivity index (χ1) is 7.84. The van der Waals surface area contributed by atoms with E-state index < -0.39 is 11.4 Å². The number of methoxy groups -OCH3 is 1. The van der Waals surface area contributed by atoms with Crippen LogP contribution in [0.2, 0.25) is 0 Å². The van der Waals surface area contributed by atoms with E-state index in [1.165, 1.54) is 27.0 Å². The predicted octanol–water partition coefficient (Wildman–Crippen LogP) is 1.30. The third-order valence-electron chi connectivity index (χ3n) is 2.64. The SMILES string of the molecule is COc1c(Br)cc(C(C)(C)C(=O)[O-])cc1C=O. The van der Waals surface area contributed by atoms with Gasteiger partial charge < -0.3 is 14.6 Å². The third-order valence-corrected chi connectivity index (χ3v) is 3.22. The number of hydrogen-bond donors (Lipinski definition) is 0. The Morgan fingerprint density at radius 3 is 2.47 bits per heavy atom. The highest BCUT2D eigenvalue weighted by molar-refractivity contribution is 9.10. The van der Waals surface area contributed by atoms with Gasteiger partial charge >= 0.3 is 0 Å². The standard InChI is InChI=1S/C12H13BrO4/c1-12(2,11(15)16)8-4-7(6-14)10(17-3)9(13)5-8/h4-6H,1-3H3,(H,15,16)/p-1. The predicted molar refractivity (Wildman–Crippen MR) is 64.1 cm³/mol. The molecule has 1 aromatic rings. The van der Waals surface area contributed by atoms with Crippen LogP contribution >= 0.6 is 15.9 Å². The number of rotatable bonds is 4. The van der Waals surface area contributed by atoms with Crippen LogP contribution in [0.15, 0.2) is 16.6 Å². The van der Waals surface area contributed by atoms with Crippen LogP contribution in [0.3, 0.4) is 0 Å². The van der Waals surface area contributed by atoms with Gasteiger partial charge in [0.2, 0.25) is 0 Å². The third kappa shape index (κ3) is 2.49. The summed E-state index contributed by atoms with van der Waals surface area (Å²) < 4.78 is 5.59. The summed E-state index contributed by atoms with van der Waals surface area (Å²) in [6.07, 6.45) is 0.623. The fraction of sp³-hybridized carbons (Fsp3) is 0.333. The summed E-state index contributed by atoms with van der Waals surface area (Å²) in [7, 11) is 1.44. The molecule has 4 nitrogen and oxygen atoms in total. The number of ether oxygens (including phenoxy) is 1. The average molecular weight is 300 g/mol. The van der Waals surface area contributed by atoms with Gasteiger partial charge in [-0.05, 0) is 33.6 Å². The molecule has 17 heavy (non-hydrogen) atoms. The monoisotopic (exact) mass is 299 g/mol. The molecule has 1 aromatic carbocycles. The molecule has 0 fully saturated rings. The first kappa shape index (κ1) is 13.7. The molecule has 0 radical (unpaired) electrons. The lowest BCUT2D eigenvalue weighted by atomic mass is 9.84. The molecule has 0 heterocycles. The molecule has 92 valence electrons. The fourth-order valence-electron chi connectivity index (χ4n) is 1.40. The Balaban J connectivity index is 3.44. The largest absolute Gasteiger partial charge is 0.549 e. The first-order valence-corrected chi connectivity index (χ1v) is 5.68. The zero-order valence-electron chi connectivity index (χ0n) is 9.74. The minimum absolute atomic E-state index is 0.297. The summed E-state index contributed by atoms with van der Waals surface area (Å²) in [4.78, 5) is 22.0. The Hall–Kier alpha value is -1.36. The lowest BCUT2D eigenvalue weighted by Gasteiger charge is -2.27. The van der Waals surface area contributed by atoms with Crippen LogP contribution in [-0.2, 0) is 10.2 Å². The van der Waals surface area contributed by atoms with Crippen molar-refractivity contribution < 1.29 is 19.4 Å². The van der Waals surface area contributed by atoms with E-state index >= 15 is 0 Å². The van der Waals surface area contributed by atoms with Crippen molar-refractivity contribution in [3.8, 4) is 5.75 Å². The van der Waals surface area contributed by atoms with E-state index in [0.717, 1.165) is 0 Å². The topological polar surface area (TPSA) is 66.4 Å². The van der Waals surface area contributed by atoms with Crippen molar-refractivity contribution in [2.45, 2.75) is 19.3 Å². The van der Waals surface area contributed by atoms with Crippen LogP contribution in [0, 0.1) is 0 Å². The normalized spacial score (nSPS) is 11.1. The lowest BCUT2D eigenvalue weighted by Crippen LogP contribution is -2.41. The van der Waals surface area contributed by atoms with E-state index in [9.17, 15) is 14.7 Å². The minimum Gasteiger partial charge on any atom is -0.549 e. The highest BCUT2D eigenvalue weighted by Crippen LogP contribution is 2.34. The molecule has 0 amide bonds. The van der Waals surface area contributed by atoms with Gasteiger partial charge in [-0.3, -0.25) is 4.79 Å². The van der Waals surface area contributed by atoms with Crippen LogP contribution in [0.5, 0.6) is 5.75 Å². The average Bonchev–Trinajstić information content (AvgIpc) is 2.27. The number of carboxylic acids is 1. The molecule has 0 unspecified atom stereocenters.